The highest BCUT2D eigenvalue weighted by Crippen LogP contribution is 2.16. The smallest absolute Gasteiger partial charge is 0.306 e. The van der Waals surface area contributed by atoms with Gasteiger partial charge in [-0.25, -0.2) is 0 Å². The summed E-state index contributed by atoms with van der Waals surface area (Å²) in [7, 11) is 0. The van der Waals surface area contributed by atoms with Gasteiger partial charge in [0.25, 0.3) is 0 Å². The topological polar surface area (TPSA) is 78.9 Å². The van der Waals surface area contributed by atoms with Crippen LogP contribution in [0.4, 0.5) is 0 Å². The number of ether oxygens (including phenoxy) is 3. The van der Waals surface area contributed by atoms with Gasteiger partial charge in [0.2, 0.25) is 0 Å². The minimum atomic E-state index is -0.771. The lowest BCUT2D eigenvalue weighted by molar-refractivity contribution is -0.167. The van der Waals surface area contributed by atoms with Crippen LogP contribution >= 0.6 is 0 Å². The van der Waals surface area contributed by atoms with E-state index in [1.54, 1.807) is 0 Å². The summed E-state index contributed by atoms with van der Waals surface area (Å²) in [5, 5.41) is 0. The fraction of sp³-hybridized carbons (Fsp3) is 0.885. The molecule has 0 aliphatic carbocycles. The van der Waals surface area contributed by atoms with Crippen molar-refractivity contribution in [2.45, 2.75) is 335 Å². The molecular formula is C61H114O6. The predicted molar refractivity (Wildman–Crippen MR) is 289 cm³/mol. The van der Waals surface area contributed by atoms with Crippen molar-refractivity contribution in [1.29, 1.82) is 0 Å². The van der Waals surface area contributed by atoms with Crippen molar-refractivity contribution >= 4 is 17.9 Å². The Hall–Kier alpha value is -2.11. The highest BCUT2D eigenvalue weighted by molar-refractivity contribution is 5.71. The molecule has 0 aliphatic rings. The SMILES string of the molecule is CCCCCCCCC/C=C\CCCCCCCCCC(=O)OCC(COC(=O)CCCCCCCCCCCCCCC)OC(=O)CCCCCCCCC/C=C\CCCCCCCCC. The standard InChI is InChI=1S/C61H114O6/c1-4-7-10-13-16-19-22-25-27-29-31-33-36-39-42-45-48-51-54-60(63)66-57-58(56-65-59(62)53-50-47-44-41-38-35-24-21-18-15-12-9-6-3)67-61(64)55-52-49-46-43-40-37-34-32-30-28-26-23-20-17-14-11-8-5-2/h27-30,58H,4-26,31-57H2,1-3H3/b29-27-,30-28-. The van der Waals surface area contributed by atoms with E-state index in [1.807, 2.05) is 0 Å². The summed E-state index contributed by atoms with van der Waals surface area (Å²) in [5.74, 6) is -0.858. The number of carbonyl (C=O) groups is 3. The van der Waals surface area contributed by atoms with Gasteiger partial charge in [-0.1, -0.05) is 263 Å². The van der Waals surface area contributed by atoms with Gasteiger partial charge in [0.1, 0.15) is 13.2 Å². The fourth-order valence-corrected chi connectivity index (χ4v) is 8.91. The van der Waals surface area contributed by atoms with E-state index in [2.05, 4.69) is 45.1 Å². The van der Waals surface area contributed by atoms with Gasteiger partial charge < -0.3 is 14.2 Å². The molecule has 0 rings (SSSR count). The largest absolute Gasteiger partial charge is 0.462 e. The van der Waals surface area contributed by atoms with Crippen molar-refractivity contribution < 1.29 is 28.6 Å². The van der Waals surface area contributed by atoms with Gasteiger partial charge in [-0.3, -0.25) is 14.4 Å². The van der Waals surface area contributed by atoms with Crippen molar-refractivity contribution in [2.24, 2.45) is 0 Å². The molecule has 0 aliphatic heterocycles. The number of unbranched alkanes of at least 4 members (excludes halogenated alkanes) is 40. The second-order valence-corrected chi connectivity index (χ2v) is 20.3. The zero-order valence-electron chi connectivity index (χ0n) is 45.2. The Bertz CT molecular complexity index is 1080. The average Bonchev–Trinajstić information content (AvgIpc) is 3.33. The molecule has 1 unspecified atom stereocenters. The molecule has 0 radical (unpaired) electrons. The highest BCUT2D eigenvalue weighted by atomic mass is 16.6. The number of rotatable bonds is 55. The summed E-state index contributed by atoms with van der Waals surface area (Å²) >= 11 is 0. The van der Waals surface area contributed by atoms with E-state index in [1.165, 1.54) is 231 Å². The minimum Gasteiger partial charge on any atom is -0.462 e. The Labute approximate surface area is 417 Å². The number of esters is 3. The van der Waals surface area contributed by atoms with E-state index in [4.69, 9.17) is 14.2 Å². The van der Waals surface area contributed by atoms with Crippen LogP contribution in [-0.4, -0.2) is 37.2 Å². The molecule has 0 N–H and O–H groups in total. The van der Waals surface area contributed by atoms with Gasteiger partial charge >= 0.3 is 17.9 Å². The Morgan fingerprint density at radius 3 is 0.746 bits per heavy atom. The molecule has 0 heterocycles. The van der Waals surface area contributed by atoms with Crippen molar-refractivity contribution in [3.63, 3.8) is 0 Å². The van der Waals surface area contributed by atoms with Crippen LogP contribution in [0.3, 0.4) is 0 Å². The fourth-order valence-electron chi connectivity index (χ4n) is 8.91. The molecule has 394 valence electrons. The van der Waals surface area contributed by atoms with Crippen molar-refractivity contribution in [3.05, 3.63) is 24.3 Å². The number of hydrogen-bond donors (Lipinski definition) is 0. The third-order valence-corrected chi connectivity index (χ3v) is 13.4. The predicted octanol–water partition coefficient (Wildman–Crippen LogP) is 19.9. The van der Waals surface area contributed by atoms with Gasteiger partial charge in [-0.05, 0) is 70.6 Å². The normalized spacial score (nSPS) is 12.1. The first-order chi connectivity index (χ1) is 33.0. The molecule has 0 spiro atoms. The zero-order valence-corrected chi connectivity index (χ0v) is 45.2. The lowest BCUT2D eigenvalue weighted by atomic mass is 10.0. The maximum atomic E-state index is 12.9. The van der Waals surface area contributed by atoms with Crippen molar-refractivity contribution in [1.82, 2.24) is 0 Å². The van der Waals surface area contributed by atoms with Crippen LogP contribution in [-0.2, 0) is 28.6 Å². The minimum absolute atomic E-state index is 0.0698. The number of allylic oxidation sites excluding steroid dienone is 4. The summed E-state index contributed by atoms with van der Waals surface area (Å²) < 4.78 is 16.9. The molecule has 0 saturated heterocycles. The average molecular weight is 944 g/mol. The maximum Gasteiger partial charge on any atom is 0.306 e. The van der Waals surface area contributed by atoms with Crippen molar-refractivity contribution in [2.75, 3.05) is 13.2 Å². The molecule has 1 atom stereocenters. The highest BCUT2D eigenvalue weighted by Gasteiger charge is 2.19. The molecule has 0 aromatic carbocycles. The maximum absolute atomic E-state index is 12.9. The van der Waals surface area contributed by atoms with Crippen LogP contribution in [0, 0.1) is 0 Å². The lowest BCUT2D eigenvalue weighted by Crippen LogP contribution is -2.30. The Morgan fingerprint density at radius 1 is 0.284 bits per heavy atom. The molecule has 0 aromatic rings. The summed E-state index contributed by atoms with van der Waals surface area (Å²) in [4.78, 5) is 38.2. The van der Waals surface area contributed by atoms with Gasteiger partial charge in [0.15, 0.2) is 6.10 Å². The monoisotopic (exact) mass is 943 g/mol. The molecule has 0 aromatic heterocycles. The second kappa shape index (κ2) is 56.5. The van der Waals surface area contributed by atoms with Crippen LogP contribution in [0.5, 0.6) is 0 Å². The second-order valence-electron chi connectivity index (χ2n) is 20.3. The van der Waals surface area contributed by atoms with E-state index in [0.717, 1.165) is 57.8 Å². The van der Waals surface area contributed by atoms with Crippen LogP contribution in [0.2, 0.25) is 0 Å². The van der Waals surface area contributed by atoms with E-state index < -0.39 is 6.10 Å². The molecule has 0 amide bonds. The Kier molecular flexibility index (Phi) is 54.7. The van der Waals surface area contributed by atoms with E-state index in [0.29, 0.717) is 19.3 Å². The Morgan fingerprint density at radius 2 is 0.493 bits per heavy atom. The first-order valence-electron chi connectivity index (χ1n) is 29.8. The lowest BCUT2D eigenvalue weighted by Gasteiger charge is -2.18. The third kappa shape index (κ3) is 54.7. The van der Waals surface area contributed by atoms with E-state index in [9.17, 15) is 14.4 Å². The van der Waals surface area contributed by atoms with Crippen molar-refractivity contribution in [3.8, 4) is 0 Å². The quantitative estimate of drug-likeness (QED) is 0.0262. The molecule has 6 nitrogen and oxygen atoms in total. The van der Waals surface area contributed by atoms with Gasteiger partial charge in [0, 0.05) is 19.3 Å². The van der Waals surface area contributed by atoms with Crippen LogP contribution in [0.25, 0.3) is 0 Å². The molecule has 0 bridgehead atoms. The van der Waals surface area contributed by atoms with E-state index >= 15 is 0 Å². The van der Waals surface area contributed by atoms with Gasteiger partial charge in [-0.2, -0.15) is 0 Å². The molecule has 67 heavy (non-hydrogen) atoms. The number of carbonyl (C=O) groups excluding carboxylic acids is 3. The van der Waals surface area contributed by atoms with Crippen LogP contribution < -0.4 is 0 Å². The summed E-state index contributed by atoms with van der Waals surface area (Å²) in [6.45, 7) is 6.68. The third-order valence-electron chi connectivity index (χ3n) is 13.4. The first kappa shape index (κ1) is 64.9. The summed E-state index contributed by atoms with van der Waals surface area (Å²) in [5.41, 5.74) is 0. The number of hydrogen-bond acceptors (Lipinski definition) is 6. The Balaban J connectivity index is 4.33. The zero-order chi connectivity index (χ0) is 48.6. The molecule has 0 fully saturated rings. The van der Waals surface area contributed by atoms with Gasteiger partial charge in [0.05, 0.1) is 0 Å². The molecule has 6 heteroatoms. The van der Waals surface area contributed by atoms with Crippen LogP contribution in [0.1, 0.15) is 329 Å². The van der Waals surface area contributed by atoms with Crippen LogP contribution in [0.15, 0.2) is 24.3 Å². The first-order valence-corrected chi connectivity index (χ1v) is 29.8. The molecular weight excluding hydrogens is 829 g/mol. The van der Waals surface area contributed by atoms with E-state index in [-0.39, 0.29) is 31.1 Å². The summed E-state index contributed by atoms with van der Waals surface area (Å²) in [6, 6.07) is 0. The summed E-state index contributed by atoms with van der Waals surface area (Å²) in [6.07, 6.45) is 66.0. The molecule has 0 saturated carbocycles. The van der Waals surface area contributed by atoms with Gasteiger partial charge in [-0.15, -0.1) is 0 Å².